The van der Waals surface area contributed by atoms with E-state index in [0.29, 0.717) is 5.75 Å². The van der Waals surface area contributed by atoms with Gasteiger partial charge in [-0.15, -0.1) is 0 Å². The van der Waals surface area contributed by atoms with Crippen LogP contribution in [-0.4, -0.2) is 0 Å². The van der Waals surface area contributed by atoms with Crippen molar-refractivity contribution in [3.63, 3.8) is 0 Å². The molecule has 0 heterocycles. The maximum atomic E-state index is 4.99. The number of rotatable bonds is 5. The van der Waals surface area contributed by atoms with Crippen molar-refractivity contribution in [3.05, 3.63) is 29.8 Å². The second kappa shape index (κ2) is 7.64. The topological polar surface area (TPSA) is 18.5 Å². The summed E-state index contributed by atoms with van der Waals surface area (Å²) in [5.74, 6) is 3.58. The SMILES string of the molecule is CCCCCC#COOc1ccc(C)cc1. The van der Waals surface area contributed by atoms with Crippen LogP contribution in [0.1, 0.15) is 38.2 Å². The number of aryl methyl sites for hydroxylation is 1. The molecule has 0 N–H and O–H groups in total. The van der Waals surface area contributed by atoms with Gasteiger partial charge in [-0.1, -0.05) is 43.4 Å². The molecule has 0 atom stereocenters. The molecule has 0 aliphatic carbocycles. The molecule has 0 saturated carbocycles. The molecule has 2 heteroatoms. The Bertz CT molecular complexity index is 343. The van der Waals surface area contributed by atoms with Gasteiger partial charge in [0.15, 0.2) is 11.9 Å². The van der Waals surface area contributed by atoms with Crippen molar-refractivity contribution in [1.82, 2.24) is 0 Å². The predicted octanol–water partition coefficient (Wildman–Crippen LogP) is 3.85. The van der Waals surface area contributed by atoms with Crippen LogP contribution in [0, 0.1) is 19.0 Å². The summed E-state index contributed by atoms with van der Waals surface area (Å²) in [5.41, 5.74) is 1.19. The van der Waals surface area contributed by atoms with Crippen molar-refractivity contribution in [2.45, 2.75) is 39.5 Å². The maximum absolute atomic E-state index is 4.99. The van der Waals surface area contributed by atoms with Crippen LogP contribution < -0.4 is 4.89 Å². The van der Waals surface area contributed by atoms with Crippen LogP contribution in [0.3, 0.4) is 0 Å². The van der Waals surface area contributed by atoms with E-state index in [2.05, 4.69) is 19.0 Å². The fraction of sp³-hybridized carbons (Fsp3) is 0.429. The van der Waals surface area contributed by atoms with Crippen molar-refractivity contribution in [3.8, 4) is 17.8 Å². The lowest BCUT2D eigenvalue weighted by molar-refractivity contribution is -0.134. The van der Waals surface area contributed by atoms with Crippen LogP contribution >= 0.6 is 0 Å². The van der Waals surface area contributed by atoms with Crippen LogP contribution in [0.2, 0.25) is 0 Å². The van der Waals surface area contributed by atoms with E-state index in [-0.39, 0.29) is 0 Å². The van der Waals surface area contributed by atoms with Crippen LogP contribution in [0.25, 0.3) is 0 Å². The van der Waals surface area contributed by atoms with Crippen LogP contribution in [0.4, 0.5) is 0 Å². The molecule has 0 fully saturated rings. The van der Waals surface area contributed by atoms with Crippen molar-refractivity contribution in [2.75, 3.05) is 0 Å². The van der Waals surface area contributed by atoms with Gasteiger partial charge in [-0.05, 0) is 25.5 Å². The van der Waals surface area contributed by atoms with Gasteiger partial charge in [-0.3, -0.25) is 4.89 Å². The van der Waals surface area contributed by atoms with E-state index in [0.717, 1.165) is 12.8 Å². The summed E-state index contributed by atoms with van der Waals surface area (Å²) in [6.07, 6.45) is 6.95. The molecule has 1 aromatic carbocycles. The first-order valence-corrected chi connectivity index (χ1v) is 5.71. The molecule has 0 aliphatic heterocycles. The lowest BCUT2D eigenvalue weighted by Gasteiger charge is -1.99. The van der Waals surface area contributed by atoms with Crippen molar-refractivity contribution < 1.29 is 9.78 Å². The van der Waals surface area contributed by atoms with E-state index in [1.807, 2.05) is 31.2 Å². The molecular weight excluding hydrogens is 200 g/mol. The van der Waals surface area contributed by atoms with Gasteiger partial charge < -0.3 is 0 Å². The van der Waals surface area contributed by atoms with Gasteiger partial charge in [-0.25, -0.2) is 4.89 Å². The minimum Gasteiger partial charge on any atom is -0.281 e. The third kappa shape index (κ3) is 5.31. The fourth-order valence-corrected chi connectivity index (χ4v) is 1.21. The molecule has 0 aromatic heterocycles. The minimum absolute atomic E-state index is 0.674. The first-order valence-electron chi connectivity index (χ1n) is 5.71. The Kier molecular flexibility index (Phi) is 5.95. The molecule has 1 rings (SSSR count). The molecule has 0 spiro atoms. The Morgan fingerprint density at radius 1 is 1.12 bits per heavy atom. The van der Waals surface area contributed by atoms with Gasteiger partial charge in [0.1, 0.15) is 0 Å². The summed E-state index contributed by atoms with van der Waals surface area (Å²) in [5, 5.41) is 0. The molecule has 16 heavy (non-hydrogen) atoms. The molecule has 2 nitrogen and oxygen atoms in total. The standard InChI is InChI=1S/C14H18O2/c1-3-4-5-6-7-12-15-16-14-10-8-13(2)9-11-14/h8-11H,3-6H2,1-2H3. The van der Waals surface area contributed by atoms with Gasteiger partial charge in [0.2, 0.25) is 0 Å². The highest BCUT2D eigenvalue weighted by Crippen LogP contribution is 2.11. The Labute approximate surface area is 97.5 Å². The molecule has 0 radical (unpaired) electrons. The van der Waals surface area contributed by atoms with E-state index in [1.165, 1.54) is 18.4 Å². The summed E-state index contributed by atoms with van der Waals surface area (Å²) in [7, 11) is 0. The van der Waals surface area contributed by atoms with Gasteiger partial charge in [-0.2, -0.15) is 0 Å². The molecule has 0 saturated heterocycles. The zero-order valence-corrected chi connectivity index (χ0v) is 9.95. The quantitative estimate of drug-likeness (QED) is 0.323. The summed E-state index contributed by atoms with van der Waals surface area (Å²) < 4.78 is 0. The zero-order chi connectivity index (χ0) is 11.6. The van der Waals surface area contributed by atoms with Crippen molar-refractivity contribution in [2.24, 2.45) is 0 Å². The predicted molar refractivity (Wildman–Crippen MR) is 64.8 cm³/mol. The fourth-order valence-electron chi connectivity index (χ4n) is 1.21. The monoisotopic (exact) mass is 218 g/mol. The Balaban J connectivity index is 2.17. The number of unbranched alkanes of at least 4 members (excludes halogenated alkanes) is 3. The van der Waals surface area contributed by atoms with Crippen LogP contribution in [-0.2, 0) is 4.89 Å². The van der Waals surface area contributed by atoms with Gasteiger partial charge >= 0.3 is 0 Å². The normalized spacial score (nSPS) is 9.12. The number of hydrogen-bond acceptors (Lipinski definition) is 2. The summed E-state index contributed by atoms with van der Waals surface area (Å²) in [4.78, 5) is 9.77. The molecule has 0 unspecified atom stereocenters. The third-order valence-corrected chi connectivity index (χ3v) is 2.18. The first kappa shape index (κ1) is 12.4. The Hall–Kier alpha value is -1.62. The highest BCUT2D eigenvalue weighted by Gasteiger charge is 1.91. The third-order valence-electron chi connectivity index (χ3n) is 2.18. The van der Waals surface area contributed by atoms with E-state index < -0.39 is 0 Å². The molecule has 0 aliphatic rings. The average molecular weight is 218 g/mol. The number of benzene rings is 1. The minimum atomic E-state index is 0.674. The second-order valence-corrected chi connectivity index (χ2v) is 3.72. The Morgan fingerprint density at radius 2 is 1.88 bits per heavy atom. The summed E-state index contributed by atoms with van der Waals surface area (Å²) in [6.45, 7) is 4.20. The molecule has 1 aromatic rings. The molecule has 0 amide bonds. The van der Waals surface area contributed by atoms with E-state index in [4.69, 9.17) is 9.78 Å². The maximum Gasteiger partial charge on any atom is 0.179 e. The highest BCUT2D eigenvalue weighted by atomic mass is 17.2. The lowest BCUT2D eigenvalue weighted by atomic mass is 10.2. The van der Waals surface area contributed by atoms with Gasteiger partial charge in [0.25, 0.3) is 0 Å². The van der Waals surface area contributed by atoms with Gasteiger partial charge in [0.05, 0.1) is 0 Å². The average Bonchev–Trinajstić information content (AvgIpc) is 2.30. The highest BCUT2D eigenvalue weighted by molar-refractivity contribution is 5.25. The van der Waals surface area contributed by atoms with Crippen LogP contribution in [0.15, 0.2) is 24.3 Å². The van der Waals surface area contributed by atoms with Crippen molar-refractivity contribution in [1.29, 1.82) is 0 Å². The summed E-state index contributed by atoms with van der Waals surface area (Å²) >= 11 is 0. The molecule has 0 bridgehead atoms. The first-order chi connectivity index (χ1) is 7.83. The smallest absolute Gasteiger partial charge is 0.179 e. The zero-order valence-electron chi connectivity index (χ0n) is 9.95. The lowest BCUT2D eigenvalue weighted by Crippen LogP contribution is -1.90. The Morgan fingerprint density at radius 3 is 2.56 bits per heavy atom. The van der Waals surface area contributed by atoms with E-state index >= 15 is 0 Å². The second-order valence-electron chi connectivity index (χ2n) is 3.72. The van der Waals surface area contributed by atoms with E-state index in [1.54, 1.807) is 0 Å². The summed E-state index contributed by atoms with van der Waals surface area (Å²) in [6, 6.07) is 7.64. The number of hydrogen-bond donors (Lipinski definition) is 0. The van der Waals surface area contributed by atoms with Crippen molar-refractivity contribution >= 4 is 0 Å². The van der Waals surface area contributed by atoms with Crippen LogP contribution in [0.5, 0.6) is 5.75 Å². The molecule has 86 valence electrons. The molecular formula is C14H18O2. The largest absolute Gasteiger partial charge is 0.281 e. The van der Waals surface area contributed by atoms with Gasteiger partial charge in [0, 0.05) is 6.42 Å². The van der Waals surface area contributed by atoms with E-state index in [9.17, 15) is 0 Å².